The highest BCUT2D eigenvalue weighted by atomic mass is 16.5. The summed E-state index contributed by atoms with van der Waals surface area (Å²) in [4.78, 5) is 11.2. The van der Waals surface area contributed by atoms with Crippen molar-refractivity contribution in [1.82, 2.24) is 5.32 Å². The number of rotatable bonds is 8. The lowest BCUT2D eigenvalue weighted by Crippen LogP contribution is -2.38. The van der Waals surface area contributed by atoms with Gasteiger partial charge < -0.3 is 14.6 Å². The quantitative estimate of drug-likeness (QED) is 0.766. The third kappa shape index (κ3) is 4.13. The summed E-state index contributed by atoms with van der Waals surface area (Å²) >= 11 is 0. The van der Waals surface area contributed by atoms with E-state index < -0.39 is 12.0 Å². The highest BCUT2D eigenvalue weighted by Gasteiger charge is 2.21. The number of methoxy groups -OCH3 is 2. The Morgan fingerprint density at radius 1 is 1.35 bits per heavy atom. The van der Waals surface area contributed by atoms with Crippen molar-refractivity contribution in [3.05, 3.63) is 23.8 Å². The van der Waals surface area contributed by atoms with E-state index in [1.165, 1.54) is 0 Å². The zero-order valence-corrected chi connectivity index (χ0v) is 12.5. The molecule has 0 saturated carbocycles. The molecule has 1 aromatic rings. The van der Waals surface area contributed by atoms with E-state index in [0.717, 1.165) is 12.0 Å². The van der Waals surface area contributed by atoms with Crippen LogP contribution in [-0.2, 0) is 4.79 Å². The van der Waals surface area contributed by atoms with Crippen molar-refractivity contribution in [3.8, 4) is 11.5 Å². The lowest BCUT2D eigenvalue weighted by atomic mass is 10.0. The van der Waals surface area contributed by atoms with Crippen molar-refractivity contribution >= 4 is 5.97 Å². The Morgan fingerprint density at radius 3 is 2.55 bits per heavy atom. The summed E-state index contributed by atoms with van der Waals surface area (Å²) in [6.45, 7) is 3.90. The summed E-state index contributed by atoms with van der Waals surface area (Å²) in [5.74, 6) is 0.567. The van der Waals surface area contributed by atoms with Gasteiger partial charge in [0.05, 0.1) is 14.2 Å². The van der Waals surface area contributed by atoms with Gasteiger partial charge >= 0.3 is 5.97 Å². The van der Waals surface area contributed by atoms with Crippen LogP contribution in [0.4, 0.5) is 0 Å². The standard InChI is InChI=1S/C15H23NO4/c1-5-6-13(15(17)18)16-10(2)12-8-7-11(19-3)9-14(12)20-4/h7-10,13,16H,5-6H2,1-4H3,(H,17,18). The van der Waals surface area contributed by atoms with Gasteiger partial charge in [-0.15, -0.1) is 0 Å². The predicted octanol–water partition coefficient (Wildman–Crippen LogP) is 2.61. The number of benzene rings is 1. The topological polar surface area (TPSA) is 67.8 Å². The van der Waals surface area contributed by atoms with Crippen molar-refractivity contribution in [2.24, 2.45) is 0 Å². The molecule has 0 amide bonds. The molecule has 1 aromatic carbocycles. The normalized spacial score (nSPS) is 13.6. The van der Waals surface area contributed by atoms with Gasteiger partial charge in [0, 0.05) is 17.7 Å². The van der Waals surface area contributed by atoms with E-state index in [9.17, 15) is 9.90 Å². The Bertz CT molecular complexity index is 447. The van der Waals surface area contributed by atoms with Crippen LogP contribution in [0.25, 0.3) is 0 Å². The van der Waals surface area contributed by atoms with Crippen LogP contribution in [0.1, 0.15) is 38.3 Å². The molecule has 0 radical (unpaired) electrons. The van der Waals surface area contributed by atoms with Gasteiger partial charge in [0.15, 0.2) is 0 Å². The molecule has 1 rings (SSSR count). The molecule has 2 atom stereocenters. The maximum absolute atomic E-state index is 11.2. The lowest BCUT2D eigenvalue weighted by molar-refractivity contribution is -0.139. The molecule has 0 aliphatic heterocycles. The summed E-state index contributed by atoms with van der Waals surface area (Å²) < 4.78 is 10.5. The van der Waals surface area contributed by atoms with Crippen molar-refractivity contribution in [1.29, 1.82) is 0 Å². The summed E-state index contributed by atoms with van der Waals surface area (Å²) in [6, 6.07) is 4.85. The van der Waals surface area contributed by atoms with Gasteiger partial charge in [-0.05, 0) is 19.4 Å². The molecule has 0 heterocycles. The maximum atomic E-state index is 11.2. The molecular formula is C15H23NO4. The third-order valence-electron chi connectivity index (χ3n) is 3.23. The number of carbonyl (C=O) groups is 1. The van der Waals surface area contributed by atoms with Crippen molar-refractivity contribution < 1.29 is 19.4 Å². The van der Waals surface area contributed by atoms with Gasteiger partial charge in [0.2, 0.25) is 0 Å². The molecule has 0 bridgehead atoms. The largest absolute Gasteiger partial charge is 0.497 e. The Hall–Kier alpha value is -1.75. The van der Waals surface area contributed by atoms with Crippen LogP contribution in [0.15, 0.2) is 18.2 Å². The lowest BCUT2D eigenvalue weighted by Gasteiger charge is -2.22. The minimum atomic E-state index is -0.828. The molecule has 5 heteroatoms. The number of carboxylic acids is 1. The highest BCUT2D eigenvalue weighted by molar-refractivity contribution is 5.73. The number of hydrogen-bond acceptors (Lipinski definition) is 4. The minimum absolute atomic E-state index is 0.122. The van der Waals surface area contributed by atoms with Crippen molar-refractivity contribution in [3.63, 3.8) is 0 Å². The zero-order valence-electron chi connectivity index (χ0n) is 12.5. The average Bonchev–Trinajstić information content (AvgIpc) is 2.45. The molecule has 2 unspecified atom stereocenters. The molecule has 0 aliphatic carbocycles. The number of carboxylic acid groups (broad SMARTS) is 1. The molecule has 5 nitrogen and oxygen atoms in total. The monoisotopic (exact) mass is 281 g/mol. The fourth-order valence-electron chi connectivity index (χ4n) is 2.13. The second-order valence-corrected chi connectivity index (χ2v) is 4.68. The van der Waals surface area contributed by atoms with E-state index in [-0.39, 0.29) is 6.04 Å². The first-order valence-corrected chi connectivity index (χ1v) is 6.74. The molecule has 0 spiro atoms. The first-order chi connectivity index (χ1) is 9.53. The zero-order chi connectivity index (χ0) is 15.1. The summed E-state index contributed by atoms with van der Waals surface area (Å²) in [7, 11) is 3.18. The number of hydrogen-bond donors (Lipinski definition) is 2. The molecular weight excluding hydrogens is 258 g/mol. The second kappa shape index (κ2) is 7.75. The maximum Gasteiger partial charge on any atom is 0.320 e. The molecule has 2 N–H and O–H groups in total. The van der Waals surface area contributed by atoms with Crippen molar-refractivity contribution in [2.75, 3.05) is 14.2 Å². The van der Waals surface area contributed by atoms with E-state index in [1.807, 2.05) is 26.0 Å². The van der Waals surface area contributed by atoms with Gasteiger partial charge in [-0.3, -0.25) is 10.1 Å². The van der Waals surface area contributed by atoms with Crippen LogP contribution >= 0.6 is 0 Å². The van der Waals surface area contributed by atoms with Gasteiger partial charge in [-0.1, -0.05) is 19.4 Å². The van der Waals surface area contributed by atoms with Crippen LogP contribution in [-0.4, -0.2) is 31.3 Å². The number of aliphatic carboxylic acids is 1. The summed E-state index contributed by atoms with van der Waals surface area (Å²) in [5, 5.41) is 12.3. The predicted molar refractivity (Wildman–Crippen MR) is 77.4 cm³/mol. The molecule has 0 fully saturated rings. The van der Waals surface area contributed by atoms with E-state index in [4.69, 9.17) is 9.47 Å². The first kappa shape index (κ1) is 16.3. The van der Waals surface area contributed by atoms with Crippen LogP contribution in [0.3, 0.4) is 0 Å². The highest BCUT2D eigenvalue weighted by Crippen LogP contribution is 2.29. The molecule has 0 aromatic heterocycles. The van der Waals surface area contributed by atoms with Crippen LogP contribution in [0.5, 0.6) is 11.5 Å². The Kier molecular flexibility index (Phi) is 6.31. The Balaban J connectivity index is 2.90. The van der Waals surface area contributed by atoms with E-state index in [2.05, 4.69) is 5.32 Å². The fraction of sp³-hybridized carbons (Fsp3) is 0.533. The van der Waals surface area contributed by atoms with Gasteiger partial charge in [-0.2, -0.15) is 0 Å². The van der Waals surface area contributed by atoms with E-state index in [1.54, 1.807) is 20.3 Å². The fourth-order valence-corrected chi connectivity index (χ4v) is 2.13. The average molecular weight is 281 g/mol. The van der Waals surface area contributed by atoms with Crippen LogP contribution < -0.4 is 14.8 Å². The molecule has 0 aliphatic rings. The van der Waals surface area contributed by atoms with Crippen molar-refractivity contribution in [2.45, 2.75) is 38.8 Å². The first-order valence-electron chi connectivity index (χ1n) is 6.74. The van der Waals surface area contributed by atoms with Gasteiger partial charge in [-0.25, -0.2) is 0 Å². The second-order valence-electron chi connectivity index (χ2n) is 4.68. The Morgan fingerprint density at radius 2 is 2.05 bits per heavy atom. The van der Waals surface area contributed by atoms with E-state index >= 15 is 0 Å². The van der Waals surface area contributed by atoms with Gasteiger partial charge in [0.25, 0.3) is 0 Å². The Labute approximate surface area is 119 Å². The summed E-state index contributed by atoms with van der Waals surface area (Å²) in [6.07, 6.45) is 1.41. The minimum Gasteiger partial charge on any atom is -0.497 e. The SMILES string of the molecule is CCCC(NC(C)c1ccc(OC)cc1OC)C(=O)O. The number of ether oxygens (including phenoxy) is 2. The molecule has 0 saturated heterocycles. The summed E-state index contributed by atoms with van der Waals surface area (Å²) in [5.41, 5.74) is 0.913. The smallest absolute Gasteiger partial charge is 0.320 e. The van der Waals surface area contributed by atoms with Crippen LogP contribution in [0, 0.1) is 0 Å². The third-order valence-corrected chi connectivity index (χ3v) is 3.23. The van der Waals surface area contributed by atoms with E-state index in [0.29, 0.717) is 17.9 Å². The molecule has 20 heavy (non-hydrogen) atoms. The van der Waals surface area contributed by atoms with Crippen LogP contribution in [0.2, 0.25) is 0 Å². The van der Waals surface area contributed by atoms with Gasteiger partial charge in [0.1, 0.15) is 17.5 Å². The molecule has 112 valence electrons. The number of nitrogens with one attached hydrogen (secondary N) is 1.